The van der Waals surface area contributed by atoms with Crippen LogP contribution < -0.4 is 0 Å². The van der Waals surface area contributed by atoms with Crippen molar-refractivity contribution in [2.45, 2.75) is 45.1 Å². The van der Waals surface area contributed by atoms with Crippen LogP contribution in [0.1, 0.15) is 54.6 Å². The first kappa shape index (κ1) is 26.1. The summed E-state index contributed by atoms with van der Waals surface area (Å²) in [5.41, 5.74) is 4.84. The van der Waals surface area contributed by atoms with Gasteiger partial charge < -0.3 is 9.80 Å². The van der Waals surface area contributed by atoms with Gasteiger partial charge in [0.15, 0.2) is 0 Å². The van der Waals surface area contributed by atoms with E-state index in [1.165, 1.54) is 16.7 Å². The number of piperidine rings is 1. The molecule has 1 aromatic heterocycles. The zero-order valence-electron chi connectivity index (χ0n) is 20.5. The number of hydrogen-bond acceptors (Lipinski definition) is 4. The van der Waals surface area contributed by atoms with Crippen LogP contribution in [-0.2, 0) is 22.4 Å². The number of piperazine rings is 1. The maximum atomic E-state index is 13.1. The van der Waals surface area contributed by atoms with Gasteiger partial charge in [-0.05, 0) is 82.4 Å². The Morgan fingerprint density at radius 2 is 1.67 bits per heavy atom. The average molecular weight is 639 g/mol. The van der Waals surface area contributed by atoms with Crippen molar-refractivity contribution in [2.75, 3.05) is 39.3 Å². The minimum absolute atomic E-state index is 0.0189. The first-order valence-corrected chi connectivity index (χ1v) is 14.7. The van der Waals surface area contributed by atoms with E-state index in [0.29, 0.717) is 25.4 Å². The molecule has 0 saturated carbocycles. The highest BCUT2D eigenvalue weighted by Crippen LogP contribution is 2.42. The zero-order chi connectivity index (χ0) is 25.4. The molecule has 1 atom stereocenters. The number of halogens is 3. The fourth-order valence-corrected chi connectivity index (χ4v) is 7.38. The van der Waals surface area contributed by atoms with E-state index in [4.69, 9.17) is 16.6 Å². The van der Waals surface area contributed by atoms with Crippen molar-refractivity contribution < 1.29 is 9.59 Å². The van der Waals surface area contributed by atoms with Crippen LogP contribution in [-0.4, -0.2) is 70.8 Å². The quantitative estimate of drug-likeness (QED) is 0.462. The molecular weight excluding hydrogens is 608 g/mol. The molecule has 3 heterocycles. The minimum Gasteiger partial charge on any atom is -0.343 e. The Bertz CT molecular complexity index is 1160. The van der Waals surface area contributed by atoms with Gasteiger partial charge >= 0.3 is 0 Å². The molecule has 6 nitrogen and oxygen atoms in total. The highest BCUT2D eigenvalue weighted by atomic mass is 79.9. The van der Waals surface area contributed by atoms with Crippen molar-refractivity contribution in [1.29, 1.82) is 0 Å². The highest BCUT2D eigenvalue weighted by Gasteiger charge is 2.35. The molecule has 192 valence electrons. The minimum atomic E-state index is 0.0189. The van der Waals surface area contributed by atoms with Crippen molar-refractivity contribution in [3.63, 3.8) is 0 Å². The number of likely N-dealkylation sites (tertiary alicyclic amines) is 1. The molecule has 1 unspecified atom stereocenters. The van der Waals surface area contributed by atoms with E-state index in [1.54, 1.807) is 6.92 Å². The summed E-state index contributed by atoms with van der Waals surface area (Å²) in [6.45, 7) is 6.18. The number of aryl methyl sites for hydroxylation is 2. The van der Waals surface area contributed by atoms with E-state index < -0.39 is 0 Å². The number of carbonyl (C=O) groups excluding carboxylic acids is 2. The summed E-state index contributed by atoms with van der Waals surface area (Å²) in [7, 11) is 0. The van der Waals surface area contributed by atoms with Crippen molar-refractivity contribution in [1.82, 2.24) is 19.7 Å². The predicted octanol–water partition coefficient (Wildman–Crippen LogP) is 5.24. The lowest BCUT2D eigenvalue weighted by Gasteiger charge is -2.40. The monoisotopic (exact) mass is 636 g/mol. The Balaban J connectivity index is 1.31. The third kappa shape index (κ3) is 5.52. The predicted molar refractivity (Wildman–Crippen MR) is 148 cm³/mol. The summed E-state index contributed by atoms with van der Waals surface area (Å²) in [4.78, 5) is 36.0. The molecule has 2 aliphatic heterocycles. The van der Waals surface area contributed by atoms with Crippen LogP contribution in [0, 0.1) is 5.92 Å². The second-order valence-electron chi connectivity index (χ2n) is 10.1. The summed E-state index contributed by atoms with van der Waals surface area (Å²) >= 11 is 13.8. The molecule has 0 spiro atoms. The maximum Gasteiger partial charge on any atom is 0.222 e. The van der Waals surface area contributed by atoms with Crippen LogP contribution in [0.2, 0.25) is 5.02 Å². The molecule has 0 N–H and O–H groups in total. The lowest BCUT2D eigenvalue weighted by molar-refractivity contribution is -0.135. The van der Waals surface area contributed by atoms with E-state index in [1.807, 2.05) is 22.1 Å². The van der Waals surface area contributed by atoms with E-state index in [9.17, 15) is 9.59 Å². The molecule has 2 fully saturated rings. The molecule has 0 bridgehead atoms. The van der Waals surface area contributed by atoms with Crippen LogP contribution in [0.4, 0.5) is 0 Å². The molecule has 2 aromatic rings. The average Bonchev–Trinajstić information content (AvgIpc) is 3.01. The summed E-state index contributed by atoms with van der Waals surface area (Å²) < 4.78 is 2.01. The van der Waals surface area contributed by atoms with E-state index in [0.717, 1.165) is 71.5 Å². The van der Waals surface area contributed by atoms with Crippen LogP contribution in [0.3, 0.4) is 0 Å². The number of benzene rings is 1. The Labute approximate surface area is 234 Å². The van der Waals surface area contributed by atoms with Gasteiger partial charge in [0.05, 0.1) is 11.7 Å². The molecule has 1 aromatic carbocycles. The molecule has 3 aliphatic rings. The molecule has 36 heavy (non-hydrogen) atoms. The SMILES string of the molecule is CC(=O)N1CCC(CC(=O)N2CCN(C3c4ncc(Br)cc4CCc4cc(Cl)cc(Br)c43)CC2)CC1. The van der Waals surface area contributed by atoms with Crippen LogP contribution >= 0.6 is 43.5 Å². The van der Waals surface area contributed by atoms with Gasteiger partial charge in [-0.3, -0.25) is 19.5 Å². The number of carbonyl (C=O) groups is 2. The summed E-state index contributed by atoms with van der Waals surface area (Å²) in [5.74, 6) is 0.746. The molecule has 9 heteroatoms. The topological polar surface area (TPSA) is 56.8 Å². The Morgan fingerprint density at radius 3 is 2.36 bits per heavy atom. The van der Waals surface area contributed by atoms with Gasteiger partial charge in [0.25, 0.3) is 0 Å². The van der Waals surface area contributed by atoms with Crippen LogP contribution in [0.25, 0.3) is 0 Å². The Morgan fingerprint density at radius 1 is 0.972 bits per heavy atom. The van der Waals surface area contributed by atoms with Crippen molar-refractivity contribution in [3.8, 4) is 0 Å². The van der Waals surface area contributed by atoms with Crippen molar-refractivity contribution >= 4 is 55.3 Å². The Hall–Kier alpha value is -1.48. The molecule has 5 rings (SSSR count). The van der Waals surface area contributed by atoms with E-state index in [-0.39, 0.29) is 17.9 Å². The molecule has 2 saturated heterocycles. The summed E-state index contributed by atoms with van der Waals surface area (Å²) in [6.07, 6.45) is 6.13. The summed E-state index contributed by atoms with van der Waals surface area (Å²) in [5, 5.41) is 0.740. The van der Waals surface area contributed by atoms with Gasteiger partial charge in [-0.1, -0.05) is 27.5 Å². The maximum absolute atomic E-state index is 13.1. The van der Waals surface area contributed by atoms with Gasteiger partial charge in [0.1, 0.15) is 0 Å². The van der Waals surface area contributed by atoms with Gasteiger partial charge in [-0.2, -0.15) is 0 Å². The zero-order valence-corrected chi connectivity index (χ0v) is 24.4. The summed E-state index contributed by atoms with van der Waals surface area (Å²) in [6, 6.07) is 6.28. The van der Waals surface area contributed by atoms with Gasteiger partial charge in [-0.25, -0.2) is 0 Å². The van der Waals surface area contributed by atoms with Gasteiger partial charge in [-0.15, -0.1) is 0 Å². The first-order valence-electron chi connectivity index (χ1n) is 12.7. The third-order valence-electron chi connectivity index (χ3n) is 7.90. The lowest BCUT2D eigenvalue weighted by Crippen LogP contribution is -2.50. The number of amides is 2. The van der Waals surface area contributed by atoms with Crippen LogP contribution in [0.15, 0.2) is 33.3 Å². The van der Waals surface area contributed by atoms with E-state index in [2.05, 4.69) is 48.9 Å². The molecule has 0 radical (unpaired) electrons. The fraction of sp³-hybridized carbons (Fsp3) is 0.519. The largest absolute Gasteiger partial charge is 0.343 e. The molecular formula is C27H31Br2ClN4O2. The number of pyridine rings is 1. The third-order valence-corrected chi connectivity index (χ3v) is 9.21. The highest BCUT2D eigenvalue weighted by molar-refractivity contribution is 9.10. The van der Waals surface area contributed by atoms with Crippen molar-refractivity contribution in [2.24, 2.45) is 5.92 Å². The fourth-order valence-electron chi connectivity index (χ4n) is 5.91. The standard InChI is InChI=1S/C27H31Br2ClN4O2/c1-17(35)32-6-4-18(5-7-32)12-24(36)33-8-10-34(11-9-33)27-25-19(14-22(30)15-23(25)29)2-3-20-13-21(28)16-31-26(20)27/h13-16,18,27H,2-12H2,1H3. The second-order valence-corrected chi connectivity index (χ2v) is 12.3. The Kier molecular flexibility index (Phi) is 8.06. The van der Waals surface area contributed by atoms with Crippen LogP contribution in [0.5, 0.6) is 0 Å². The number of aromatic nitrogens is 1. The van der Waals surface area contributed by atoms with Crippen molar-refractivity contribution in [3.05, 3.63) is 60.7 Å². The van der Waals surface area contributed by atoms with Gasteiger partial charge in [0, 0.05) is 72.8 Å². The van der Waals surface area contributed by atoms with Gasteiger partial charge in [0.2, 0.25) is 11.8 Å². The molecule has 2 amide bonds. The molecule has 1 aliphatic carbocycles. The lowest BCUT2D eigenvalue weighted by atomic mass is 9.92. The number of rotatable bonds is 3. The first-order chi connectivity index (χ1) is 17.3. The smallest absolute Gasteiger partial charge is 0.222 e. The number of nitrogens with zero attached hydrogens (tertiary/aromatic N) is 4. The number of hydrogen-bond donors (Lipinski definition) is 0. The normalized spacial score (nSPS) is 21.1. The number of fused-ring (bicyclic) bond motifs is 2. The van der Waals surface area contributed by atoms with E-state index >= 15 is 0 Å². The second kappa shape index (κ2) is 11.1.